The number of carbonyl (C=O) groups is 1. The molecule has 2 aromatic heterocycles. The molecule has 3 aromatic rings. The topological polar surface area (TPSA) is 59.7 Å². The molecule has 1 saturated heterocycles. The van der Waals surface area contributed by atoms with E-state index in [1.807, 2.05) is 47.8 Å². The van der Waals surface area contributed by atoms with Gasteiger partial charge >= 0.3 is 0 Å². The molecular weight excluding hydrogens is 316 g/mol. The second kappa shape index (κ2) is 6.64. The van der Waals surface area contributed by atoms with Gasteiger partial charge in [0, 0.05) is 30.8 Å². The third kappa shape index (κ3) is 3.25. The minimum Gasteiger partial charge on any atom is -0.378 e. The van der Waals surface area contributed by atoms with Crippen LogP contribution in [-0.4, -0.2) is 46.7 Å². The lowest BCUT2D eigenvalue weighted by atomic mass is 10.0. The van der Waals surface area contributed by atoms with Gasteiger partial charge in [-0.2, -0.15) is 9.61 Å². The van der Waals surface area contributed by atoms with Crippen LogP contribution in [0, 0.1) is 6.92 Å². The summed E-state index contributed by atoms with van der Waals surface area (Å²) >= 11 is 0. The fourth-order valence-corrected chi connectivity index (χ4v) is 3.14. The molecule has 6 nitrogen and oxygen atoms in total. The van der Waals surface area contributed by atoms with Gasteiger partial charge in [-0.05, 0) is 13.0 Å². The summed E-state index contributed by atoms with van der Waals surface area (Å²) in [6.07, 6.45) is 2.01. The van der Waals surface area contributed by atoms with Crippen LogP contribution in [0.3, 0.4) is 0 Å². The first-order chi connectivity index (χ1) is 12.2. The molecule has 0 atom stereocenters. The first kappa shape index (κ1) is 15.8. The number of benzene rings is 1. The predicted molar refractivity (Wildman–Crippen MR) is 95.2 cm³/mol. The summed E-state index contributed by atoms with van der Waals surface area (Å²) in [4.78, 5) is 19.5. The van der Waals surface area contributed by atoms with Crippen molar-refractivity contribution < 1.29 is 9.53 Å². The van der Waals surface area contributed by atoms with Gasteiger partial charge in [-0.15, -0.1) is 0 Å². The second-order valence-corrected chi connectivity index (χ2v) is 6.28. The minimum absolute atomic E-state index is 0.0768. The largest absolute Gasteiger partial charge is 0.378 e. The first-order valence-electron chi connectivity index (χ1n) is 8.47. The van der Waals surface area contributed by atoms with Crippen molar-refractivity contribution >= 4 is 17.2 Å². The molecule has 1 aliphatic rings. The van der Waals surface area contributed by atoms with Gasteiger partial charge in [-0.3, -0.25) is 4.79 Å². The van der Waals surface area contributed by atoms with E-state index in [1.54, 1.807) is 6.20 Å². The third-order valence-electron chi connectivity index (χ3n) is 4.41. The number of ketones is 1. The third-order valence-corrected chi connectivity index (χ3v) is 4.41. The van der Waals surface area contributed by atoms with Gasteiger partial charge < -0.3 is 9.64 Å². The fraction of sp³-hybridized carbons (Fsp3) is 0.316. The van der Waals surface area contributed by atoms with Gasteiger partial charge in [0.05, 0.1) is 31.5 Å². The molecule has 1 aromatic carbocycles. The number of hydrogen-bond donors (Lipinski definition) is 0. The Morgan fingerprint density at radius 1 is 1.20 bits per heavy atom. The summed E-state index contributed by atoms with van der Waals surface area (Å²) < 4.78 is 7.26. The molecule has 0 amide bonds. The van der Waals surface area contributed by atoms with Crippen molar-refractivity contribution in [3.63, 3.8) is 0 Å². The number of Topliss-reactive ketones (excluding diaryl/α,β-unsaturated/α-hetero) is 1. The van der Waals surface area contributed by atoms with Crippen LogP contribution in [0.5, 0.6) is 0 Å². The van der Waals surface area contributed by atoms with Gasteiger partial charge in [0.25, 0.3) is 0 Å². The van der Waals surface area contributed by atoms with Crippen LogP contribution in [0.2, 0.25) is 0 Å². The lowest BCUT2D eigenvalue weighted by Gasteiger charge is -2.29. The van der Waals surface area contributed by atoms with E-state index in [-0.39, 0.29) is 12.2 Å². The Morgan fingerprint density at radius 2 is 2.04 bits per heavy atom. The van der Waals surface area contributed by atoms with Gasteiger partial charge in [0.2, 0.25) is 0 Å². The molecule has 128 valence electrons. The highest BCUT2D eigenvalue weighted by Gasteiger charge is 2.18. The molecule has 1 aliphatic heterocycles. The number of morpholine rings is 1. The molecule has 0 saturated carbocycles. The van der Waals surface area contributed by atoms with E-state index < -0.39 is 0 Å². The van der Waals surface area contributed by atoms with E-state index in [0.717, 1.165) is 41.4 Å². The summed E-state index contributed by atoms with van der Waals surface area (Å²) in [5.74, 6) is 1.04. The molecule has 0 radical (unpaired) electrons. The van der Waals surface area contributed by atoms with Crippen molar-refractivity contribution in [2.45, 2.75) is 13.3 Å². The molecule has 0 N–H and O–H groups in total. The molecule has 0 spiro atoms. The van der Waals surface area contributed by atoms with Crippen LogP contribution < -0.4 is 4.90 Å². The lowest BCUT2D eigenvalue weighted by Crippen LogP contribution is -2.37. The Labute approximate surface area is 146 Å². The summed E-state index contributed by atoms with van der Waals surface area (Å²) in [6.45, 7) is 5.00. The zero-order chi connectivity index (χ0) is 17.2. The predicted octanol–water partition coefficient (Wildman–Crippen LogP) is 2.30. The average Bonchev–Trinajstić information content (AvgIpc) is 3.10. The maximum absolute atomic E-state index is 12.6. The number of ether oxygens (including phenoxy) is 1. The van der Waals surface area contributed by atoms with Crippen LogP contribution in [0.1, 0.15) is 21.6 Å². The number of rotatable bonds is 4. The maximum Gasteiger partial charge on any atom is 0.168 e. The van der Waals surface area contributed by atoms with E-state index in [4.69, 9.17) is 4.74 Å². The zero-order valence-corrected chi connectivity index (χ0v) is 14.2. The monoisotopic (exact) mass is 336 g/mol. The Bertz CT molecular complexity index is 913. The Kier molecular flexibility index (Phi) is 4.19. The second-order valence-electron chi connectivity index (χ2n) is 6.28. The van der Waals surface area contributed by atoms with Crippen molar-refractivity contribution in [3.05, 3.63) is 59.4 Å². The van der Waals surface area contributed by atoms with E-state index in [1.165, 1.54) is 0 Å². The minimum atomic E-state index is 0.0768. The number of carbonyl (C=O) groups excluding carboxylic acids is 1. The quantitative estimate of drug-likeness (QED) is 0.684. The molecule has 0 unspecified atom stereocenters. The highest BCUT2D eigenvalue weighted by Crippen LogP contribution is 2.19. The Morgan fingerprint density at radius 3 is 2.84 bits per heavy atom. The lowest BCUT2D eigenvalue weighted by molar-refractivity contribution is 0.0992. The molecule has 3 heterocycles. The number of hydrogen-bond acceptors (Lipinski definition) is 5. The molecule has 1 fully saturated rings. The first-order valence-corrected chi connectivity index (χ1v) is 8.47. The van der Waals surface area contributed by atoms with Crippen molar-refractivity contribution in [3.8, 4) is 0 Å². The van der Waals surface area contributed by atoms with Gasteiger partial charge in [-0.25, -0.2) is 4.98 Å². The van der Waals surface area contributed by atoms with E-state index in [0.29, 0.717) is 13.2 Å². The van der Waals surface area contributed by atoms with Crippen LogP contribution >= 0.6 is 0 Å². The Hall–Kier alpha value is -2.73. The summed E-state index contributed by atoms with van der Waals surface area (Å²) in [7, 11) is 0. The summed E-state index contributed by atoms with van der Waals surface area (Å²) in [5, 5.41) is 4.37. The van der Waals surface area contributed by atoms with E-state index in [9.17, 15) is 4.79 Å². The molecular formula is C19H20N4O2. The maximum atomic E-state index is 12.6. The van der Waals surface area contributed by atoms with E-state index >= 15 is 0 Å². The highest BCUT2D eigenvalue weighted by atomic mass is 16.5. The summed E-state index contributed by atoms with van der Waals surface area (Å²) in [6, 6.07) is 11.5. The summed E-state index contributed by atoms with van der Waals surface area (Å²) in [5.41, 5.74) is 3.33. The average molecular weight is 336 g/mol. The van der Waals surface area contributed by atoms with Crippen LogP contribution in [0.25, 0.3) is 5.65 Å². The SMILES string of the molecule is Cc1cccc(C(=O)Cc2cc(N3CCOCC3)n3nccc3n2)c1. The number of anilines is 1. The van der Waals surface area contributed by atoms with Gasteiger partial charge in [0.15, 0.2) is 11.4 Å². The number of fused-ring (bicyclic) bond motifs is 1. The molecule has 4 rings (SSSR count). The van der Waals surface area contributed by atoms with Crippen LogP contribution in [0.15, 0.2) is 42.6 Å². The van der Waals surface area contributed by atoms with Crippen molar-refractivity contribution in [2.75, 3.05) is 31.2 Å². The zero-order valence-electron chi connectivity index (χ0n) is 14.2. The standard InChI is InChI=1S/C19H20N4O2/c1-14-3-2-4-15(11-14)17(24)12-16-13-19(22-7-9-25-10-8-22)23-18(21-16)5-6-20-23/h2-6,11,13H,7-10,12H2,1H3. The van der Waals surface area contributed by atoms with Gasteiger partial charge in [-0.1, -0.05) is 23.8 Å². The molecule has 0 bridgehead atoms. The number of aryl methyl sites for hydroxylation is 1. The van der Waals surface area contributed by atoms with Crippen molar-refractivity contribution in [1.82, 2.24) is 14.6 Å². The van der Waals surface area contributed by atoms with Crippen LogP contribution in [-0.2, 0) is 11.2 Å². The van der Waals surface area contributed by atoms with Crippen molar-refractivity contribution in [1.29, 1.82) is 0 Å². The smallest absolute Gasteiger partial charge is 0.168 e. The normalized spacial score (nSPS) is 14.8. The highest BCUT2D eigenvalue weighted by molar-refractivity contribution is 5.97. The Balaban J connectivity index is 1.66. The molecule has 6 heteroatoms. The molecule has 25 heavy (non-hydrogen) atoms. The van der Waals surface area contributed by atoms with E-state index in [2.05, 4.69) is 15.0 Å². The fourth-order valence-electron chi connectivity index (χ4n) is 3.14. The van der Waals surface area contributed by atoms with Gasteiger partial charge in [0.1, 0.15) is 5.82 Å². The number of aromatic nitrogens is 3. The van der Waals surface area contributed by atoms with Crippen molar-refractivity contribution in [2.24, 2.45) is 0 Å². The van der Waals surface area contributed by atoms with Crippen LogP contribution in [0.4, 0.5) is 5.82 Å². The molecule has 0 aliphatic carbocycles. The number of nitrogens with zero attached hydrogens (tertiary/aromatic N) is 4.